The van der Waals surface area contributed by atoms with Gasteiger partial charge in [0.2, 0.25) is 0 Å². The molecule has 0 aliphatic carbocycles. The molecule has 0 saturated heterocycles. The first-order chi connectivity index (χ1) is 7.58. The van der Waals surface area contributed by atoms with E-state index in [1.807, 2.05) is 0 Å². The number of carbonyl (C=O) groups is 1. The second kappa shape index (κ2) is 3.74. The minimum Gasteiger partial charge on any atom is -0.476 e. The van der Waals surface area contributed by atoms with E-state index in [4.69, 9.17) is 5.11 Å². The molecule has 2 heterocycles. The van der Waals surface area contributed by atoms with Gasteiger partial charge in [0.05, 0.1) is 15.5 Å². The van der Waals surface area contributed by atoms with Crippen molar-refractivity contribution in [2.24, 2.45) is 0 Å². The van der Waals surface area contributed by atoms with E-state index in [0.29, 0.717) is 10.6 Å². The number of carboxylic acid groups (broad SMARTS) is 1. The number of nitrogens with one attached hydrogen (secondary N) is 1. The van der Waals surface area contributed by atoms with Crippen molar-refractivity contribution in [1.82, 2.24) is 10.2 Å². The maximum atomic E-state index is 10.6. The minimum atomic E-state index is -1.14. The second-order valence-corrected chi connectivity index (χ2v) is 3.93. The Labute approximate surface area is 92.5 Å². The molecule has 0 fully saturated rings. The molecule has 0 bridgehead atoms. The summed E-state index contributed by atoms with van der Waals surface area (Å²) >= 11 is 0.956. The van der Waals surface area contributed by atoms with Crippen LogP contribution in [0.4, 0.5) is 5.00 Å². The number of aromatic carboxylic acids is 1. The van der Waals surface area contributed by atoms with E-state index in [2.05, 4.69) is 10.2 Å². The van der Waals surface area contributed by atoms with Crippen LogP contribution >= 0.6 is 11.3 Å². The summed E-state index contributed by atoms with van der Waals surface area (Å²) in [6.07, 6.45) is 0. The van der Waals surface area contributed by atoms with Crippen LogP contribution in [-0.2, 0) is 0 Å². The van der Waals surface area contributed by atoms with Crippen molar-refractivity contribution in [2.75, 3.05) is 0 Å². The van der Waals surface area contributed by atoms with E-state index in [9.17, 15) is 14.9 Å². The molecule has 82 valence electrons. The number of nitro groups is 1. The van der Waals surface area contributed by atoms with E-state index >= 15 is 0 Å². The first-order valence-electron chi connectivity index (χ1n) is 4.11. The van der Waals surface area contributed by atoms with Crippen LogP contribution in [0.1, 0.15) is 10.5 Å². The number of carboxylic acids is 1. The van der Waals surface area contributed by atoms with E-state index < -0.39 is 10.9 Å². The summed E-state index contributed by atoms with van der Waals surface area (Å²) in [7, 11) is 0. The Morgan fingerprint density at radius 1 is 1.56 bits per heavy atom. The van der Waals surface area contributed by atoms with Crippen LogP contribution in [0.5, 0.6) is 0 Å². The van der Waals surface area contributed by atoms with Crippen molar-refractivity contribution in [3.8, 4) is 10.6 Å². The van der Waals surface area contributed by atoms with Crippen LogP contribution in [0.2, 0.25) is 0 Å². The van der Waals surface area contributed by atoms with Gasteiger partial charge in [0.25, 0.3) is 0 Å². The van der Waals surface area contributed by atoms with Gasteiger partial charge in [-0.15, -0.1) is 0 Å². The Kier molecular flexibility index (Phi) is 2.41. The molecule has 8 heteroatoms. The van der Waals surface area contributed by atoms with Crippen LogP contribution < -0.4 is 0 Å². The number of nitrogens with zero attached hydrogens (tertiary/aromatic N) is 2. The van der Waals surface area contributed by atoms with Gasteiger partial charge < -0.3 is 5.11 Å². The maximum Gasteiger partial charge on any atom is 0.356 e. The third-order valence-corrected chi connectivity index (χ3v) is 2.90. The summed E-state index contributed by atoms with van der Waals surface area (Å²) in [4.78, 5) is 21.1. The quantitative estimate of drug-likeness (QED) is 0.626. The predicted molar refractivity (Wildman–Crippen MR) is 55.5 cm³/mol. The molecule has 2 N–H and O–H groups in total. The molecule has 0 aromatic carbocycles. The van der Waals surface area contributed by atoms with Gasteiger partial charge in [0, 0.05) is 6.07 Å². The fourth-order valence-electron chi connectivity index (χ4n) is 1.13. The molecule has 0 aliphatic heterocycles. The van der Waals surface area contributed by atoms with Crippen molar-refractivity contribution in [2.45, 2.75) is 0 Å². The number of aromatic nitrogens is 2. The summed E-state index contributed by atoms with van der Waals surface area (Å²) in [5.74, 6) is -1.14. The number of aromatic amines is 1. The fourth-order valence-corrected chi connectivity index (χ4v) is 1.91. The Hall–Kier alpha value is -2.22. The van der Waals surface area contributed by atoms with Crippen LogP contribution in [0.15, 0.2) is 18.2 Å². The zero-order valence-corrected chi connectivity index (χ0v) is 8.52. The lowest BCUT2D eigenvalue weighted by Crippen LogP contribution is -1.95. The number of H-pyrrole nitrogens is 1. The second-order valence-electron chi connectivity index (χ2n) is 2.87. The number of thiophene rings is 1. The molecule has 0 aliphatic rings. The monoisotopic (exact) mass is 239 g/mol. The first-order valence-corrected chi connectivity index (χ1v) is 4.93. The third kappa shape index (κ3) is 1.77. The normalized spacial score (nSPS) is 10.2. The standard InChI is InChI=1S/C8H5N3O4S/c12-8(13)5-3-4(9-10-5)6-1-2-7(16-6)11(14)15/h1-3H,(H,9,10)(H,12,13). The molecule has 0 radical (unpaired) electrons. The van der Waals surface area contributed by atoms with Crippen LogP contribution in [0.3, 0.4) is 0 Å². The SMILES string of the molecule is O=C(O)c1cc(-c2ccc([N+](=O)[O-])s2)[nH]n1. The van der Waals surface area contributed by atoms with Crippen molar-refractivity contribution >= 4 is 22.3 Å². The zero-order chi connectivity index (χ0) is 11.7. The Morgan fingerprint density at radius 3 is 2.81 bits per heavy atom. The van der Waals surface area contributed by atoms with E-state index in [-0.39, 0.29) is 10.7 Å². The fraction of sp³-hybridized carbons (Fsp3) is 0. The molecule has 16 heavy (non-hydrogen) atoms. The molecule has 0 atom stereocenters. The Bertz CT molecular complexity index is 509. The number of hydrogen-bond donors (Lipinski definition) is 2. The molecule has 0 unspecified atom stereocenters. The summed E-state index contributed by atoms with van der Waals surface area (Å²) in [6.45, 7) is 0. The van der Waals surface area contributed by atoms with Crippen LogP contribution in [0, 0.1) is 10.1 Å². The zero-order valence-electron chi connectivity index (χ0n) is 7.71. The predicted octanol–water partition coefficient (Wildman–Crippen LogP) is 1.74. The topological polar surface area (TPSA) is 109 Å². The summed E-state index contributed by atoms with van der Waals surface area (Å²) in [5, 5.41) is 25.2. The van der Waals surface area contributed by atoms with E-state index in [0.717, 1.165) is 11.3 Å². The summed E-state index contributed by atoms with van der Waals surface area (Å²) in [5.41, 5.74) is 0.335. The van der Waals surface area contributed by atoms with Gasteiger partial charge in [-0.25, -0.2) is 4.79 Å². The molecule has 2 aromatic heterocycles. The summed E-state index contributed by atoms with van der Waals surface area (Å²) in [6, 6.07) is 4.24. The maximum absolute atomic E-state index is 10.6. The smallest absolute Gasteiger partial charge is 0.356 e. The Morgan fingerprint density at radius 2 is 2.31 bits per heavy atom. The molecule has 7 nitrogen and oxygen atoms in total. The molecular formula is C8H5N3O4S. The van der Waals surface area contributed by atoms with E-state index in [1.165, 1.54) is 12.1 Å². The van der Waals surface area contributed by atoms with Crippen molar-refractivity contribution in [3.05, 3.63) is 34.0 Å². The average molecular weight is 239 g/mol. The lowest BCUT2D eigenvalue weighted by Gasteiger charge is -1.86. The number of hydrogen-bond acceptors (Lipinski definition) is 5. The highest BCUT2D eigenvalue weighted by molar-refractivity contribution is 7.18. The summed E-state index contributed by atoms with van der Waals surface area (Å²) < 4.78 is 0. The van der Waals surface area contributed by atoms with E-state index in [1.54, 1.807) is 6.07 Å². The third-order valence-electron chi connectivity index (χ3n) is 1.83. The van der Waals surface area contributed by atoms with Gasteiger partial charge in [-0.05, 0) is 12.1 Å². The van der Waals surface area contributed by atoms with Gasteiger partial charge in [0.1, 0.15) is 0 Å². The minimum absolute atomic E-state index is 0.00137. The van der Waals surface area contributed by atoms with Gasteiger partial charge >= 0.3 is 11.0 Å². The average Bonchev–Trinajstić information content (AvgIpc) is 2.86. The molecule has 2 aromatic rings. The molecule has 2 rings (SSSR count). The van der Waals surface area contributed by atoms with Gasteiger partial charge in [-0.3, -0.25) is 15.2 Å². The van der Waals surface area contributed by atoms with Crippen molar-refractivity contribution < 1.29 is 14.8 Å². The molecular weight excluding hydrogens is 234 g/mol. The highest BCUT2D eigenvalue weighted by Crippen LogP contribution is 2.31. The highest BCUT2D eigenvalue weighted by Gasteiger charge is 2.14. The molecule has 0 saturated carbocycles. The molecule has 0 amide bonds. The van der Waals surface area contributed by atoms with Gasteiger partial charge in [-0.2, -0.15) is 5.10 Å². The van der Waals surface area contributed by atoms with Crippen LogP contribution in [0.25, 0.3) is 10.6 Å². The molecule has 0 spiro atoms. The lowest BCUT2D eigenvalue weighted by atomic mass is 10.3. The van der Waals surface area contributed by atoms with Gasteiger partial charge in [-0.1, -0.05) is 11.3 Å². The van der Waals surface area contributed by atoms with Crippen LogP contribution in [-0.4, -0.2) is 26.2 Å². The first kappa shape index (κ1) is 10.3. The van der Waals surface area contributed by atoms with Crippen molar-refractivity contribution in [1.29, 1.82) is 0 Å². The highest BCUT2D eigenvalue weighted by atomic mass is 32.1. The Balaban J connectivity index is 2.35. The largest absolute Gasteiger partial charge is 0.476 e. The van der Waals surface area contributed by atoms with Crippen molar-refractivity contribution in [3.63, 3.8) is 0 Å². The lowest BCUT2D eigenvalue weighted by molar-refractivity contribution is -0.380. The van der Waals surface area contributed by atoms with Gasteiger partial charge in [0.15, 0.2) is 5.69 Å². The number of rotatable bonds is 3.